The second-order valence-electron chi connectivity index (χ2n) is 5.06. The largest absolute Gasteiger partial charge is 0.380 e. The average Bonchev–Trinajstić information content (AvgIpc) is 2.76. The Labute approximate surface area is 114 Å². The number of hydrogen-bond donors (Lipinski definition) is 1. The van der Waals surface area contributed by atoms with Crippen molar-refractivity contribution in [3.05, 3.63) is 28.8 Å². The van der Waals surface area contributed by atoms with Gasteiger partial charge in [-0.05, 0) is 37.5 Å². The Balaban J connectivity index is 2.10. The van der Waals surface area contributed by atoms with E-state index in [9.17, 15) is 0 Å². The van der Waals surface area contributed by atoms with Crippen molar-refractivity contribution in [2.75, 3.05) is 25.1 Å². The summed E-state index contributed by atoms with van der Waals surface area (Å²) < 4.78 is 5.38. The predicted octanol–water partition coefficient (Wildman–Crippen LogP) is 2.45. The van der Waals surface area contributed by atoms with Gasteiger partial charge in [0.05, 0.1) is 16.8 Å². The standard InChI is InChI=1S/C14H21ClN2O/c1-10(16)7-11-3-4-14(13(15)8-11)17-6-5-12(9-17)18-2/h3-4,8,10,12H,5-7,9,16H2,1-2H3. The van der Waals surface area contributed by atoms with E-state index in [1.807, 2.05) is 13.0 Å². The van der Waals surface area contributed by atoms with Gasteiger partial charge >= 0.3 is 0 Å². The predicted molar refractivity (Wildman–Crippen MR) is 76.4 cm³/mol. The highest BCUT2D eigenvalue weighted by Gasteiger charge is 2.23. The number of rotatable bonds is 4. The lowest BCUT2D eigenvalue weighted by molar-refractivity contribution is 0.121. The summed E-state index contributed by atoms with van der Waals surface area (Å²) in [4.78, 5) is 2.28. The molecule has 18 heavy (non-hydrogen) atoms. The van der Waals surface area contributed by atoms with Gasteiger partial charge in [-0.3, -0.25) is 0 Å². The second-order valence-corrected chi connectivity index (χ2v) is 5.47. The summed E-state index contributed by atoms with van der Waals surface area (Å²) in [6, 6.07) is 6.40. The van der Waals surface area contributed by atoms with Gasteiger partial charge in [0.25, 0.3) is 0 Å². The molecule has 1 saturated heterocycles. The molecule has 0 spiro atoms. The van der Waals surface area contributed by atoms with Crippen molar-refractivity contribution in [1.29, 1.82) is 0 Å². The summed E-state index contributed by atoms with van der Waals surface area (Å²) >= 11 is 6.36. The summed E-state index contributed by atoms with van der Waals surface area (Å²) in [5.74, 6) is 0. The third-order valence-corrected chi connectivity index (χ3v) is 3.69. The van der Waals surface area contributed by atoms with Crippen LogP contribution in [-0.2, 0) is 11.2 Å². The van der Waals surface area contributed by atoms with Crippen LogP contribution in [0.25, 0.3) is 0 Å². The Kier molecular flexibility index (Phi) is 4.49. The van der Waals surface area contributed by atoms with Crippen molar-refractivity contribution in [3.63, 3.8) is 0 Å². The van der Waals surface area contributed by atoms with Crippen molar-refractivity contribution < 1.29 is 4.74 Å². The normalized spacial score (nSPS) is 21.3. The molecule has 0 saturated carbocycles. The molecule has 4 heteroatoms. The van der Waals surface area contributed by atoms with Crippen LogP contribution < -0.4 is 10.6 Å². The zero-order valence-corrected chi connectivity index (χ0v) is 11.8. The molecule has 0 radical (unpaired) electrons. The molecule has 1 fully saturated rings. The Morgan fingerprint density at radius 1 is 1.56 bits per heavy atom. The van der Waals surface area contributed by atoms with Gasteiger partial charge in [0, 0.05) is 26.2 Å². The molecule has 0 aliphatic carbocycles. The van der Waals surface area contributed by atoms with Gasteiger partial charge in [0.1, 0.15) is 0 Å². The van der Waals surface area contributed by atoms with Crippen LogP contribution in [0.3, 0.4) is 0 Å². The van der Waals surface area contributed by atoms with E-state index in [4.69, 9.17) is 22.1 Å². The first-order valence-corrected chi connectivity index (χ1v) is 6.79. The highest BCUT2D eigenvalue weighted by Crippen LogP contribution is 2.30. The van der Waals surface area contributed by atoms with Crippen LogP contribution in [0.1, 0.15) is 18.9 Å². The van der Waals surface area contributed by atoms with Gasteiger partial charge in [0.15, 0.2) is 0 Å². The minimum atomic E-state index is 0.163. The molecule has 0 bridgehead atoms. The summed E-state index contributed by atoms with van der Waals surface area (Å²) in [6.07, 6.45) is 2.25. The molecule has 0 amide bonds. The number of halogens is 1. The fourth-order valence-corrected chi connectivity index (χ4v) is 2.77. The Morgan fingerprint density at radius 2 is 2.33 bits per heavy atom. The number of methoxy groups -OCH3 is 1. The molecule has 100 valence electrons. The van der Waals surface area contributed by atoms with Crippen LogP contribution in [0.5, 0.6) is 0 Å². The quantitative estimate of drug-likeness (QED) is 0.912. The number of anilines is 1. The molecule has 2 atom stereocenters. The van der Waals surface area contributed by atoms with E-state index in [1.165, 1.54) is 5.56 Å². The van der Waals surface area contributed by atoms with Gasteiger partial charge in [0.2, 0.25) is 0 Å². The third kappa shape index (κ3) is 3.16. The van der Waals surface area contributed by atoms with E-state index in [0.717, 1.165) is 36.6 Å². The number of nitrogens with zero attached hydrogens (tertiary/aromatic N) is 1. The molecule has 3 nitrogen and oxygen atoms in total. The maximum atomic E-state index is 6.36. The lowest BCUT2D eigenvalue weighted by atomic mass is 10.1. The van der Waals surface area contributed by atoms with Crippen LogP contribution in [0.4, 0.5) is 5.69 Å². The molecule has 2 unspecified atom stereocenters. The molecule has 1 aromatic rings. The maximum absolute atomic E-state index is 6.36. The van der Waals surface area contributed by atoms with Crippen LogP contribution in [0, 0.1) is 0 Å². The van der Waals surface area contributed by atoms with Crippen molar-refractivity contribution >= 4 is 17.3 Å². The monoisotopic (exact) mass is 268 g/mol. The maximum Gasteiger partial charge on any atom is 0.0762 e. The van der Waals surface area contributed by atoms with E-state index in [2.05, 4.69) is 17.0 Å². The Hall–Kier alpha value is -0.770. The van der Waals surface area contributed by atoms with E-state index < -0.39 is 0 Å². The molecule has 1 aliphatic heterocycles. The first-order valence-electron chi connectivity index (χ1n) is 6.42. The van der Waals surface area contributed by atoms with E-state index in [-0.39, 0.29) is 6.04 Å². The van der Waals surface area contributed by atoms with E-state index in [0.29, 0.717) is 6.10 Å². The fraction of sp³-hybridized carbons (Fsp3) is 0.571. The zero-order chi connectivity index (χ0) is 13.1. The number of ether oxygens (including phenoxy) is 1. The van der Waals surface area contributed by atoms with E-state index in [1.54, 1.807) is 7.11 Å². The first kappa shape index (κ1) is 13.7. The lowest BCUT2D eigenvalue weighted by Crippen LogP contribution is -2.22. The topological polar surface area (TPSA) is 38.5 Å². The second kappa shape index (κ2) is 5.91. The molecule has 2 N–H and O–H groups in total. The molecule has 1 aliphatic rings. The van der Waals surface area contributed by atoms with Gasteiger partial charge in [-0.15, -0.1) is 0 Å². The van der Waals surface area contributed by atoms with Crippen molar-refractivity contribution in [3.8, 4) is 0 Å². The number of hydrogen-bond acceptors (Lipinski definition) is 3. The first-order chi connectivity index (χ1) is 8.60. The summed E-state index contributed by atoms with van der Waals surface area (Å²) in [7, 11) is 1.77. The summed E-state index contributed by atoms with van der Waals surface area (Å²) in [5.41, 5.74) is 8.10. The fourth-order valence-electron chi connectivity index (χ4n) is 2.45. The van der Waals surface area contributed by atoms with Crippen LogP contribution in [0.2, 0.25) is 5.02 Å². The van der Waals surface area contributed by atoms with Gasteiger partial charge < -0.3 is 15.4 Å². The van der Waals surface area contributed by atoms with Gasteiger partial charge in [-0.25, -0.2) is 0 Å². The third-order valence-electron chi connectivity index (χ3n) is 3.39. The number of nitrogens with two attached hydrogens (primary N) is 1. The van der Waals surface area contributed by atoms with Crippen molar-refractivity contribution in [2.24, 2.45) is 5.73 Å². The SMILES string of the molecule is COC1CCN(c2ccc(CC(C)N)cc2Cl)C1. The van der Waals surface area contributed by atoms with Crippen LogP contribution >= 0.6 is 11.6 Å². The van der Waals surface area contributed by atoms with Crippen molar-refractivity contribution in [2.45, 2.75) is 31.9 Å². The minimum absolute atomic E-state index is 0.163. The molecule has 1 aromatic carbocycles. The van der Waals surface area contributed by atoms with Gasteiger partial charge in [-0.2, -0.15) is 0 Å². The molecular formula is C14H21ClN2O. The van der Waals surface area contributed by atoms with Crippen LogP contribution in [0.15, 0.2) is 18.2 Å². The van der Waals surface area contributed by atoms with E-state index >= 15 is 0 Å². The molecular weight excluding hydrogens is 248 g/mol. The number of benzene rings is 1. The summed E-state index contributed by atoms with van der Waals surface area (Å²) in [6.45, 7) is 3.93. The highest BCUT2D eigenvalue weighted by molar-refractivity contribution is 6.33. The Morgan fingerprint density at radius 3 is 2.89 bits per heavy atom. The average molecular weight is 269 g/mol. The van der Waals surface area contributed by atoms with Gasteiger partial charge in [-0.1, -0.05) is 17.7 Å². The zero-order valence-electron chi connectivity index (χ0n) is 11.0. The lowest BCUT2D eigenvalue weighted by Gasteiger charge is -2.20. The summed E-state index contributed by atoms with van der Waals surface area (Å²) in [5, 5.41) is 0.810. The highest BCUT2D eigenvalue weighted by atomic mass is 35.5. The Bertz CT molecular complexity index is 409. The van der Waals surface area contributed by atoms with Crippen molar-refractivity contribution in [1.82, 2.24) is 0 Å². The minimum Gasteiger partial charge on any atom is -0.380 e. The molecule has 2 rings (SSSR count). The molecule has 0 aromatic heterocycles. The van der Waals surface area contributed by atoms with Crippen LogP contribution in [-0.4, -0.2) is 32.3 Å². The smallest absolute Gasteiger partial charge is 0.0762 e. The molecule has 1 heterocycles.